The SMILES string of the molecule is CC(Nc1ccccc1N1CCCC1=O)c1ccsc1. The molecule has 1 amide bonds. The minimum absolute atomic E-state index is 0.224. The molecule has 1 saturated heterocycles. The van der Waals surface area contributed by atoms with Crippen molar-refractivity contribution >= 4 is 28.6 Å². The molecule has 0 spiro atoms. The first-order valence-corrected chi connectivity index (χ1v) is 7.88. The Labute approximate surface area is 123 Å². The maximum Gasteiger partial charge on any atom is 0.227 e. The Morgan fingerprint density at radius 2 is 2.15 bits per heavy atom. The Morgan fingerprint density at radius 3 is 2.85 bits per heavy atom. The van der Waals surface area contributed by atoms with Gasteiger partial charge in [0.1, 0.15) is 0 Å². The first kappa shape index (κ1) is 13.2. The van der Waals surface area contributed by atoms with Gasteiger partial charge in [-0.15, -0.1) is 0 Å². The number of benzene rings is 1. The van der Waals surface area contributed by atoms with Gasteiger partial charge in [0.15, 0.2) is 0 Å². The maximum absolute atomic E-state index is 11.9. The molecule has 1 fully saturated rings. The molecule has 1 aromatic carbocycles. The fourth-order valence-electron chi connectivity index (χ4n) is 2.57. The molecule has 2 heterocycles. The van der Waals surface area contributed by atoms with Crippen molar-refractivity contribution in [3.8, 4) is 0 Å². The van der Waals surface area contributed by atoms with Crippen LogP contribution in [0.15, 0.2) is 41.1 Å². The van der Waals surface area contributed by atoms with Crippen LogP contribution in [0.5, 0.6) is 0 Å². The monoisotopic (exact) mass is 286 g/mol. The summed E-state index contributed by atoms with van der Waals surface area (Å²) >= 11 is 1.70. The number of thiophene rings is 1. The minimum atomic E-state index is 0.224. The van der Waals surface area contributed by atoms with Gasteiger partial charge in [-0.1, -0.05) is 12.1 Å². The molecule has 0 bridgehead atoms. The third-order valence-corrected chi connectivity index (χ3v) is 4.38. The molecule has 3 nitrogen and oxygen atoms in total. The van der Waals surface area contributed by atoms with Crippen molar-refractivity contribution in [1.82, 2.24) is 0 Å². The van der Waals surface area contributed by atoms with Crippen LogP contribution in [0.2, 0.25) is 0 Å². The molecule has 0 aliphatic carbocycles. The number of carbonyl (C=O) groups is 1. The van der Waals surface area contributed by atoms with E-state index in [0.29, 0.717) is 6.42 Å². The predicted octanol–water partition coefficient (Wildman–Crippen LogP) is 4.05. The number of nitrogens with zero attached hydrogens (tertiary/aromatic N) is 1. The lowest BCUT2D eigenvalue weighted by Crippen LogP contribution is -2.25. The second kappa shape index (κ2) is 5.67. The van der Waals surface area contributed by atoms with Crippen molar-refractivity contribution in [2.75, 3.05) is 16.8 Å². The van der Waals surface area contributed by atoms with Gasteiger partial charge < -0.3 is 10.2 Å². The molecule has 1 aliphatic heterocycles. The Hall–Kier alpha value is -1.81. The molecule has 1 N–H and O–H groups in total. The molecule has 4 heteroatoms. The zero-order chi connectivity index (χ0) is 13.9. The number of amides is 1. The lowest BCUT2D eigenvalue weighted by molar-refractivity contribution is -0.117. The number of rotatable bonds is 4. The number of carbonyl (C=O) groups excluding carboxylic acids is 1. The third-order valence-electron chi connectivity index (χ3n) is 3.68. The van der Waals surface area contributed by atoms with Crippen LogP contribution in [0.25, 0.3) is 0 Å². The largest absolute Gasteiger partial charge is 0.377 e. The van der Waals surface area contributed by atoms with E-state index in [1.807, 2.05) is 29.2 Å². The quantitative estimate of drug-likeness (QED) is 0.919. The summed E-state index contributed by atoms with van der Waals surface area (Å²) in [5.41, 5.74) is 3.30. The van der Waals surface area contributed by atoms with E-state index >= 15 is 0 Å². The summed E-state index contributed by atoms with van der Waals surface area (Å²) in [6, 6.07) is 10.4. The number of para-hydroxylation sites is 2. The van der Waals surface area contributed by atoms with Gasteiger partial charge in [-0.25, -0.2) is 0 Å². The summed E-state index contributed by atoms with van der Waals surface area (Å²) < 4.78 is 0. The average Bonchev–Trinajstić information content (AvgIpc) is 3.10. The van der Waals surface area contributed by atoms with Crippen molar-refractivity contribution in [3.63, 3.8) is 0 Å². The summed E-state index contributed by atoms with van der Waals surface area (Å²) in [5, 5.41) is 7.76. The molecule has 3 rings (SSSR count). The summed E-state index contributed by atoms with van der Waals surface area (Å²) in [6.45, 7) is 2.97. The van der Waals surface area contributed by atoms with Gasteiger partial charge in [0.25, 0.3) is 0 Å². The second-order valence-electron chi connectivity index (χ2n) is 5.09. The summed E-state index contributed by atoms with van der Waals surface area (Å²) in [6.07, 6.45) is 1.61. The van der Waals surface area contributed by atoms with Gasteiger partial charge in [0.2, 0.25) is 5.91 Å². The Balaban J connectivity index is 1.84. The molecule has 104 valence electrons. The van der Waals surface area contributed by atoms with Gasteiger partial charge in [-0.3, -0.25) is 4.79 Å². The number of hydrogen-bond acceptors (Lipinski definition) is 3. The van der Waals surface area contributed by atoms with Crippen molar-refractivity contribution in [2.24, 2.45) is 0 Å². The summed E-state index contributed by atoms with van der Waals surface area (Å²) in [5.74, 6) is 0.224. The van der Waals surface area contributed by atoms with Crippen LogP contribution in [-0.4, -0.2) is 12.5 Å². The van der Waals surface area contributed by atoms with Crippen LogP contribution in [0.1, 0.15) is 31.4 Å². The number of hydrogen-bond donors (Lipinski definition) is 1. The molecule has 20 heavy (non-hydrogen) atoms. The van der Waals surface area contributed by atoms with E-state index in [4.69, 9.17) is 0 Å². The van der Waals surface area contributed by atoms with E-state index in [1.165, 1.54) is 5.56 Å². The first-order valence-electron chi connectivity index (χ1n) is 6.94. The van der Waals surface area contributed by atoms with Crippen LogP contribution < -0.4 is 10.2 Å². The van der Waals surface area contributed by atoms with Crippen molar-refractivity contribution < 1.29 is 4.79 Å². The normalized spacial score (nSPS) is 16.4. The Bertz CT molecular complexity index is 594. The van der Waals surface area contributed by atoms with Gasteiger partial charge in [0, 0.05) is 19.0 Å². The van der Waals surface area contributed by atoms with Gasteiger partial charge in [-0.2, -0.15) is 11.3 Å². The molecule has 0 saturated carbocycles. The zero-order valence-electron chi connectivity index (χ0n) is 11.5. The van der Waals surface area contributed by atoms with E-state index in [2.05, 4.69) is 29.1 Å². The molecule has 0 radical (unpaired) electrons. The van der Waals surface area contributed by atoms with Crippen LogP contribution >= 0.6 is 11.3 Å². The summed E-state index contributed by atoms with van der Waals surface area (Å²) in [4.78, 5) is 13.8. The average molecular weight is 286 g/mol. The van der Waals surface area contributed by atoms with Crippen molar-refractivity contribution in [3.05, 3.63) is 46.7 Å². The standard InChI is InChI=1S/C16H18N2OS/c1-12(13-8-10-20-11-13)17-14-5-2-3-6-15(14)18-9-4-7-16(18)19/h2-3,5-6,8,10-12,17H,4,7,9H2,1H3. The number of nitrogens with one attached hydrogen (secondary N) is 1. The highest BCUT2D eigenvalue weighted by molar-refractivity contribution is 7.08. The molecule has 2 aromatic rings. The van der Waals surface area contributed by atoms with E-state index < -0.39 is 0 Å². The highest BCUT2D eigenvalue weighted by Crippen LogP contribution is 2.32. The van der Waals surface area contributed by atoms with Gasteiger partial charge in [-0.05, 0) is 47.9 Å². The van der Waals surface area contributed by atoms with Gasteiger partial charge in [0.05, 0.1) is 11.4 Å². The van der Waals surface area contributed by atoms with Crippen LogP contribution in [-0.2, 0) is 4.79 Å². The second-order valence-corrected chi connectivity index (χ2v) is 5.87. The first-order chi connectivity index (χ1) is 9.75. The molecule has 1 atom stereocenters. The van der Waals surface area contributed by atoms with E-state index in [-0.39, 0.29) is 11.9 Å². The smallest absolute Gasteiger partial charge is 0.227 e. The topological polar surface area (TPSA) is 32.3 Å². The highest BCUT2D eigenvalue weighted by Gasteiger charge is 2.24. The maximum atomic E-state index is 11.9. The minimum Gasteiger partial charge on any atom is -0.377 e. The van der Waals surface area contributed by atoms with Crippen LogP contribution in [0, 0.1) is 0 Å². The Kier molecular flexibility index (Phi) is 3.74. The molecule has 1 aliphatic rings. The lowest BCUT2D eigenvalue weighted by atomic mass is 10.1. The van der Waals surface area contributed by atoms with E-state index in [9.17, 15) is 4.79 Å². The predicted molar refractivity (Wildman–Crippen MR) is 84.4 cm³/mol. The fraction of sp³-hybridized carbons (Fsp3) is 0.312. The van der Waals surface area contributed by atoms with Crippen LogP contribution in [0.4, 0.5) is 11.4 Å². The Morgan fingerprint density at radius 1 is 1.30 bits per heavy atom. The van der Waals surface area contributed by atoms with E-state index in [1.54, 1.807) is 11.3 Å². The molecule has 1 unspecified atom stereocenters. The third kappa shape index (κ3) is 2.56. The fourth-order valence-corrected chi connectivity index (χ4v) is 3.33. The van der Waals surface area contributed by atoms with Crippen molar-refractivity contribution in [1.29, 1.82) is 0 Å². The summed E-state index contributed by atoms with van der Waals surface area (Å²) in [7, 11) is 0. The number of anilines is 2. The van der Waals surface area contributed by atoms with Gasteiger partial charge >= 0.3 is 0 Å². The van der Waals surface area contributed by atoms with Crippen molar-refractivity contribution in [2.45, 2.75) is 25.8 Å². The molecular formula is C16H18N2OS. The molecular weight excluding hydrogens is 268 g/mol. The lowest BCUT2D eigenvalue weighted by Gasteiger charge is -2.23. The molecule has 1 aromatic heterocycles. The van der Waals surface area contributed by atoms with Crippen LogP contribution in [0.3, 0.4) is 0 Å². The van der Waals surface area contributed by atoms with E-state index in [0.717, 1.165) is 24.3 Å². The highest BCUT2D eigenvalue weighted by atomic mass is 32.1. The zero-order valence-corrected chi connectivity index (χ0v) is 12.3.